The fourth-order valence-corrected chi connectivity index (χ4v) is 3.01. The Hall–Kier alpha value is -3.22. The number of nitrogens with one attached hydrogen (secondary N) is 1. The summed E-state index contributed by atoms with van der Waals surface area (Å²) in [5.74, 6) is -0.801. The number of H-pyrrole nitrogens is 1. The summed E-state index contributed by atoms with van der Waals surface area (Å²) in [5.41, 5.74) is 4.00. The van der Waals surface area contributed by atoms with E-state index in [1.54, 1.807) is 18.5 Å². The zero-order valence-electron chi connectivity index (χ0n) is 14.3. The normalized spacial score (nSPS) is 11.2. The molecule has 132 valence electrons. The van der Waals surface area contributed by atoms with Crippen LogP contribution in [0.4, 0.5) is 8.78 Å². The molecule has 4 rings (SSSR count). The Morgan fingerprint density at radius 3 is 2.65 bits per heavy atom. The molecule has 7 heteroatoms. The number of aromatic amines is 1. The van der Waals surface area contributed by atoms with Gasteiger partial charge in [0, 0.05) is 18.0 Å². The Kier molecular flexibility index (Phi) is 3.91. The quantitative estimate of drug-likeness (QED) is 0.598. The van der Waals surface area contributed by atoms with E-state index >= 15 is 0 Å². The van der Waals surface area contributed by atoms with Crippen molar-refractivity contribution in [2.24, 2.45) is 0 Å². The first-order chi connectivity index (χ1) is 12.5. The summed E-state index contributed by atoms with van der Waals surface area (Å²) in [6.45, 7) is 3.60. The number of imidazole rings is 1. The number of hydrogen-bond acceptors (Lipinski definition) is 3. The van der Waals surface area contributed by atoms with Crippen LogP contribution in [0.15, 0.2) is 42.9 Å². The second kappa shape index (κ2) is 6.25. The van der Waals surface area contributed by atoms with Gasteiger partial charge in [0.25, 0.3) is 0 Å². The molecule has 0 aliphatic carbocycles. The van der Waals surface area contributed by atoms with E-state index in [0.29, 0.717) is 11.4 Å². The zero-order chi connectivity index (χ0) is 18.3. The van der Waals surface area contributed by atoms with Crippen molar-refractivity contribution in [1.82, 2.24) is 19.6 Å². The predicted molar refractivity (Wildman–Crippen MR) is 92.9 cm³/mol. The SMILES string of the molecule is Cc1cc(OCc2c(F)cccc2F)c2nc(C)c(-c3cn[nH]c3)n2c1. The maximum absolute atomic E-state index is 13.8. The highest BCUT2D eigenvalue weighted by Gasteiger charge is 2.17. The topological polar surface area (TPSA) is 55.2 Å². The van der Waals surface area contributed by atoms with Gasteiger partial charge >= 0.3 is 0 Å². The minimum absolute atomic E-state index is 0.106. The van der Waals surface area contributed by atoms with Gasteiger partial charge in [0.15, 0.2) is 11.4 Å². The van der Waals surface area contributed by atoms with E-state index in [-0.39, 0.29) is 12.2 Å². The summed E-state index contributed by atoms with van der Waals surface area (Å²) in [6, 6.07) is 5.56. The van der Waals surface area contributed by atoms with Crippen LogP contribution in [0, 0.1) is 25.5 Å². The molecule has 1 N–H and O–H groups in total. The molecule has 0 amide bonds. The molecule has 0 saturated carbocycles. The van der Waals surface area contributed by atoms with Gasteiger partial charge < -0.3 is 4.74 Å². The lowest BCUT2D eigenvalue weighted by atomic mass is 10.2. The fourth-order valence-electron chi connectivity index (χ4n) is 3.01. The second-order valence-corrected chi connectivity index (χ2v) is 6.10. The Morgan fingerprint density at radius 1 is 1.19 bits per heavy atom. The third-order valence-electron chi connectivity index (χ3n) is 4.20. The first-order valence-corrected chi connectivity index (χ1v) is 8.08. The highest BCUT2D eigenvalue weighted by Crippen LogP contribution is 2.30. The molecular formula is C19H16F2N4O. The molecule has 0 aliphatic rings. The van der Waals surface area contributed by atoms with Crippen LogP contribution in [-0.4, -0.2) is 19.6 Å². The Balaban J connectivity index is 1.78. The molecule has 0 bridgehead atoms. The number of halogens is 2. The molecule has 3 heterocycles. The smallest absolute Gasteiger partial charge is 0.180 e. The molecule has 26 heavy (non-hydrogen) atoms. The lowest BCUT2D eigenvalue weighted by Gasteiger charge is -2.11. The van der Waals surface area contributed by atoms with Crippen molar-refractivity contribution in [2.75, 3.05) is 0 Å². The molecule has 4 aromatic rings. The van der Waals surface area contributed by atoms with Crippen molar-refractivity contribution in [3.8, 4) is 17.0 Å². The van der Waals surface area contributed by atoms with E-state index in [9.17, 15) is 8.78 Å². The van der Waals surface area contributed by atoms with Crippen molar-refractivity contribution >= 4 is 5.65 Å². The van der Waals surface area contributed by atoms with Gasteiger partial charge in [-0.25, -0.2) is 13.8 Å². The van der Waals surface area contributed by atoms with Gasteiger partial charge in [-0.1, -0.05) is 6.07 Å². The highest BCUT2D eigenvalue weighted by molar-refractivity contribution is 5.69. The standard InChI is InChI=1S/C19H16F2N4O/c1-11-6-17(26-10-14-15(20)4-3-5-16(14)21)19-24-12(2)18(25(19)9-11)13-7-22-23-8-13/h3-9H,10H2,1-2H3,(H,22,23). The van der Waals surface area contributed by atoms with E-state index in [4.69, 9.17) is 4.74 Å². The van der Waals surface area contributed by atoms with E-state index in [2.05, 4.69) is 15.2 Å². The van der Waals surface area contributed by atoms with Crippen molar-refractivity contribution < 1.29 is 13.5 Å². The van der Waals surface area contributed by atoms with Crippen LogP contribution < -0.4 is 4.74 Å². The van der Waals surface area contributed by atoms with Gasteiger partial charge in [0.2, 0.25) is 0 Å². The Morgan fingerprint density at radius 2 is 1.96 bits per heavy atom. The molecule has 1 aromatic carbocycles. The van der Waals surface area contributed by atoms with Gasteiger partial charge in [0.05, 0.1) is 23.1 Å². The maximum Gasteiger partial charge on any atom is 0.180 e. The number of pyridine rings is 1. The summed E-state index contributed by atoms with van der Waals surface area (Å²) in [5, 5.41) is 6.78. The molecule has 0 atom stereocenters. The van der Waals surface area contributed by atoms with E-state index in [1.165, 1.54) is 18.2 Å². The average Bonchev–Trinajstić information content (AvgIpc) is 3.21. The number of hydrogen-bond donors (Lipinski definition) is 1. The number of benzene rings is 1. The van der Waals surface area contributed by atoms with Crippen LogP contribution in [0.5, 0.6) is 5.75 Å². The second-order valence-electron chi connectivity index (χ2n) is 6.10. The molecule has 0 aliphatic heterocycles. The van der Waals surface area contributed by atoms with Crippen molar-refractivity contribution in [1.29, 1.82) is 0 Å². The Bertz CT molecular complexity index is 1070. The molecule has 5 nitrogen and oxygen atoms in total. The molecule has 0 saturated heterocycles. The minimum atomic E-state index is -0.632. The summed E-state index contributed by atoms with van der Waals surface area (Å²) in [4.78, 5) is 4.58. The van der Waals surface area contributed by atoms with E-state index in [1.807, 2.05) is 24.4 Å². The number of aromatic nitrogens is 4. The van der Waals surface area contributed by atoms with Gasteiger partial charge in [-0.05, 0) is 37.6 Å². The molecule has 0 unspecified atom stereocenters. The number of rotatable bonds is 4. The fraction of sp³-hybridized carbons (Fsp3) is 0.158. The summed E-state index contributed by atoms with van der Waals surface area (Å²) in [7, 11) is 0. The molecule has 3 aromatic heterocycles. The lowest BCUT2D eigenvalue weighted by Crippen LogP contribution is -2.03. The summed E-state index contributed by atoms with van der Waals surface area (Å²) < 4.78 is 35.4. The third-order valence-corrected chi connectivity index (χ3v) is 4.20. The number of fused-ring (bicyclic) bond motifs is 1. The number of nitrogens with zero attached hydrogens (tertiary/aromatic N) is 3. The first kappa shape index (κ1) is 16.3. The number of aryl methyl sites for hydroxylation is 2. The third kappa shape index (κ3) is 2.71. The van der Waals surface area contributed by atoms with E-state index < -0.39 is 11.6 Å². The molecular weight excluding hydrogens is 338 g/mol. The monoisotopic (exact) mass is 354 g/mol. The van der Waals surface area contributed by atoms with Crippen LogP contribution in [0.3, 0.4) is 0 Å². The molecule has 0 radical (unpaired) electrons. The minimum Gasteiger partial charge on any atom is -0.485 e. The molecule has 0 spiro atoms. The zero-order valence-corrected chi connectivity index (χ0v) is 14.3. The van der Waals surface area contributed by atoms with Crippen molar-refractivity contribution in [3.63, 3.8) is 0 Å². The van der Waals surface area contributed by atoms with Gasteiger partial charge in [-0.15, -0.1) is 0 Å². The Labute approximate surface area is 148 Å². The number of ether oxygens (including phenoxy) is 1. The van der Waals surface area contributed by atoms with Crippen LogP contribution in [-0.2, 0) is 6.61 Å². The highest BCUT2D eigenvalue weighted by atomic mass is 19.1. The average molecular weight is 354 g/mol. The van der Waals surface area contributed by atoms with Crippen LogP contribution in [0.1, 0.15) is 16.8 Å². The van der Waals surface area contributed by atoms with Gasteiger partial charge in [0.1, 0.15) is 18.2 Å². The lowest BCUT2D eigenvalue weighted by molar-refractivity contribution is 0.294. The van der Waals surface area contributed by atoms with Crippen LogP contribution in [0.25, 0.3) is 16.9 Å². The predicted octanol–water partition coefficient (Wildman–Crippen LogP) is 4.20. The van der Waals surface area contributed by atoms with Gasteiger partial charge in [-0.3, -0.25) is 9.50 Å². The first-order valence-electron chi connectivity index (χ1n) is 8.08. The van der Waals surface area contributed by atoms with Crippen LogP contribution >= 0.6 is 0 Å². The van der Waals surface area contributed by atoms with Gasteiger partial charge in [-0.2, -0.15) is 5.10 Å². The van der Waals surface area contributed by atoms with Crippen molar-refractivity contribution in [2.45, 2.75) is 20.5 Å². The summed E-state index contributed by atoms with van der Waals surface area (Å²) in [6.07, 6.45) is 5.44. The molecule has 0 fully saturated rings. The largest absolute Gasteiger partial charge is 0.485 e. The maximum atomic E-state index is 13.8. The van der Waals surface area contributed by atoms with Crippen molar-refractivity contribution in [3.05, 3.63) is 71.3 Å². The van der Waals surface area contributed by atoms with E-state index in [0.717, 1.165) is 22.5 Å². The van der Waals surface area contributed by atoms with Crippen LogP contribution in [0.2, 0.25) is 0 Å². The summed E-state index contributed by atoms with van der Waals surface area (Å²) >= 11 is 0.